The summed E-state index contributed by atoms with van der Waals surface area (Å²) in [5, 5.41) is 9.25. The van der Waals surface area contributed by atoms with Gasteiger partial charge in [-0.25, -0.2) is 4.79 Å². The van der Waals surface area contributed by atoms with Gasteiger partial charge in [0.15, 0.2) is 0 Å². The smallest absolute Gasteiger partial charge is 0.319 e. The molecule has 1 saturated heterocycles. The fourth-order valence-corrected chi connectivity index (χ4v) is 2.81. The Balaban J connectivity index is 2.60. The van der Waals surface area contributed by atoms with E-state index in [0.29, 0.717) is 38.4 Å². The molecule has 1 heterocycles. The van der Waals surface area contributed by atoms with E-state index in [9.17, 15) is 14.7 Å². The van der Waals surface area contributed by atoms with Crippen LogP contribution in [0.15, 0.2) is 0 Å². The summed E-state index contributed by atoms with van der Waals surface area (Å²) in [6.45, 7) is 10.7. The molecule has 1 aliphatic heterocycles. The summed E-state index contributed by atoms with van der Waals surface area (Å²) in [6, 6.07) is 0.0665. The second kappa shape index (κ2) is 7.66. The van der Waals surface area contributed by atoms with Crippen LogP contribution in [0.5, 0.6) is 0 Å². The highest BCUT2D eigenvalue weighted by Crippen LogP contribution is 2.31. The van der Waals surface area contributed by atoms with Crippen molar-refractivity contribution in [1.29, 1.82) is 0 Å². The number of carbonyl (C=O) groups is 2. The zero-order valence-corrected chi connectivity index (χ0v) is 13.9. The number of likely N-dealkylation sites (tertiary alicyclic amines) is 1. The zero-order valence-electron chi connectivity index (χ0n) is 13.9. The maximum Gasteiger partial charge on any atom is 0.319 e. The van der Waals surface area contributed by atoms with Crippen molar-refractivity contribution in [3.8, 4) is 0 Å². The first-order valence-electron chi connectivity index (χ1n) is 8.15. The second-order valence-corrected chi connectivity index (χ2v) is 6.36. The summed E-state index contributed by atoms with van der Waals surface area (Å²) >= 11 is 0. The quantitative estimate of drug-likeness (QED) is 0.820. The molecule has 0 spiro atoms. The molecule has 122 valence electrons. The van der Waals surface area contributed by atoms with Crippen molar-refractivity contribution in [3.63, 3.8) is 0 Å². The van der Waals surface area contributed by atoms with Crippen molar-refractivity contribution in [1.82, 2.24) is 9.80 Å². The summed E-state index contributed by atoms with van der Waals surface area (Å²) < 4.78 is 0. The van der Waals surface area contributed by atoms with Crippen molar-refractivity contribution in [3.05, 3.63) is 0 Å². The van der Waals surface area contributed by atoms with Crippen LogP contribution in [0.4, 0.5) is 4.79 Å². The maximum absolute atomic E-state index is 12.6. The van der Waals surface area contributed by atoms with Gasteiger partial charge in [-0.1, -0.05) is 26.7 Å². The first kappa shape index (κ1) is 17.8. The Bertz CT molecular complexity index is 359. The van der Waals surface area contributed by atoms with Crippen LogP contribution in [0.3, 0.4) is 0 Å². The molecule has 1 aliphatic rings. The van der Waals surface area contributed by atoms with Gasteiger partial charge < -0.3 is 14.9 Å². The monoisotopic (exact) mass is 298 g/mol. The van der Waals surface area contributed by atoms with Gasteiger partial charge in [0, 0.05) is 26.2 Å². The van der Waals surface area contributed by atoms with Crippen LogP contribution in [-0.2, 0) is 4.79 Å². The molecule has 0 saturated carbocycles. The molecule has 2 amide bonds. The lowest BCUT2D eigenvalue weighted by atomic mass is 9.80. The van der Waals surface area contributed by atoms with Crippen LogP contribution < -0.4 is 0 Å². The Morgan fingerprint density at radius 2 is 1.71 bits per heavy atom. The average Bonchev–Trinajstić information content (AvgIpc) is 2.48. The topological polar surface area (TPSA) is 60.9 Å². The van der Waals surface area contributed by atoms with Crippen molar-refractivity contribution in [2.45, 2.75) is 53.4 Å². The predicted octanol–water partition coefficient (Wildman–Crippen LogP) is 3.05. The molecule has 21 heavy (non-hydrogen) atoms. The highest BCUT2D eigenvalue weighted by molar-refractivity contribution is 5.77. The number of carbonyl (C=O) groups excluding carboxylic acids is 1. The number of amides is 2. The second-order valence-electron chi connectivity index (χ2n) is 6.36. The molecule has 5 nitrogen and oxygen atoms in total. The van der Waals surface area contributed by atoms with E-state index in [0.717, 1.165) is 19.4 Å². The Morgan fingerprint density at radius 3 is 2.10 bits per heavy atom. The minimum absolute atomic E-state index is 0.0665. The van der Waals surface area contributed by atoms with Gasteiger partial charge in [0.1, 0.15) is 0 Å². The number of aliphatic carboxylic acids is 1. The summed E-state index contributed by atoms with van der Waals surface area (Å²) in [7, 11) is 0. The summed E-state index contributed by atoms with van der Waals surface area (Å²) in [4.78, 5) is 27.6. The third-order valence-electron chi connectivity index (χ3n) is 4.94. The number of carboxylic acids is 1. The van der Waals surface area contributed by atoms with E-state index in [1.165, 1.54) is 0 Å². The summed E-state index contributed by atoms with van der Waals surface area (Å²) in [5.41, 5.74) is -0.677. The fourth-order valence-electron chi connectivity index (χ4n) is 2.81. The molecule has 0 aromatic carbocycles. The Morgan fingerprint density at radius 1 is 1.19 bits per heavy atom. The lowest BCUT2D eigenvalue weighted by molar-refractivity contribution is -0.150. The minimum atomic E-state index is -0.751. The molecular formula is C16H30N2O3. The Hall–Kier alpha value is -1.26. The number of hydrogen-bond donors (Lipinski definition) is 1. The largest absolute Gasteiger partial charge is 0.481 e. The average molecular weight is 298 g/mol. The van der Waals surface area contributed by atoms with Crippen LogP contribution in [0, 0.1) is 11.3 Å². The Kier molecular flexibility index (Phi) is 6.49. The first-order chi connectivity index (χ1) is 9.87. The van der Waals surface area contributed by atoms with Gasteiger partial charge in [0.25, 0.3) is 0 Å². The molecule has 1 rings (SSSR count). The van der Waals surface area contributed by atoms with Crippen LogP contribution in [0.2, 0.25) is 0 Å². The van der Waals surface area contributed by atoms with E-state index in [2.05, 4.69) is 13.8 Å². The molecule has 0 unspecified atom stereocenters. The zero-order chi connectivity index (χ0) is 16.0. The maximum atomic E-state index is 12.6. The van der Waals surface area contributed by atoms with Gasteiger partial charge in [-0.3, -0.25) is 4.79 Å². The van der Waals surface area contributed by atoms with Gasteiger partial charge in [-0.2, -0.15) is 0 Å². The van der Waals surface area contributed by atoms with Gasteiger partial charge >= 0.3 is 12.0 Å². The van der Waals surface area contributed by atoms with Crippen LogP contribution >= 0.6 is 0 Å². The molecular weight excluding hydrogens is 268 g/mol. The number of hydrogen-bond acceptors (Lipinski definition) is 2. The van der Waals surface area contributed by atoms with Gasteiger partial charge in [0.05, 0.1) is 5.41 Å². The molecule has 1 N–H and O–H groups in total. The highest BCUT2D eigenvalue weighted by atomic mass is 16.4. The van der Waals surface area contributed by atoms with Crippen LogP contribution in [-0.4, -0.2) is 53.1 Å². The lowest BCUT2D eigenvalue weighted by Gasteiger charge is -2.39. The number of urea groups is 1. The van der Waals surface area contributed by atoms with E-state index in [1.54, 1.807) is 6.92 Å². The molecule has 0 radical (unpaired) electrons. The minimum Gasteiger partial charge on any atom is -0.481 e. The standard InChI is InChI=1S/C16H30N2O3/c1-5-13(6-2)12-17(7-3)15(21)18-10-8-16(4,9-11-18)14(19)20/h13H,5-12H2,1-4H3,(H,19,20). The van der Waals surface area contributed by atoms with E-state index >= 15 is 0 Å². The molecule has 0 aliphatic carbocycles. The molecule has 0 atom stereocenters. The third-order valence-corrected chi connectivity index (χ3v) is 4.94. The SMILES string of the molecule is CCC(CC)CN(CC)C(=O)N1CCC(C)(C(=O)O)CC1. The van der Waals surface area contributed by atoms with Crippen LogP contribution in [0.1, 0.15) is 53.4 Å². The van der Waals surface area contributed by atoms with E-state index < -0.39 is 11.4 Å². The highest BCUT2D eigenvalue weighted by Gasteiger charge is 2.38. The first-order valence-corrected chi connectivity index (χ1v) is 8.15. The normalized spacial score (nSPS) is 17.9. The number of nitrogens with zero attached hydrogens (tertiary/aromatic N) is 2. The van der Waals surface area contributed by atoms with E-state index in [1.807, 2.05) is 16.7 Å². The van der Waals surface area contributed by atoms with Crippen molar-refractivity contribution >= 4 is 12.0 Å². The predicted molar refractivity (Wildman–Crippen MR) is 83.3 cm³/mol. The van der Waals surface area contributed by atoms with Crippen molar-refractivity contribution in [2.24, 2.45) is 11.3 Å². The summed E-state index contributed by atoms with van der Waals surface area (Å²) in [6.07, 6.45) is 3.24. The number of piperidine rings is 1. The van der Waals surface area contributed by atoms with Gasteiger partial charge in [0.2, 0.25) is 0 Å². The number of rotatable bonds is 6. The summed E-state index contributed by atoms with van der Waals surface area (Å²) in [5.74, 6) is -0.207. The Labute approximate surface area is 128 Å². The van der Waals surface area contributed by atoms with Crippen LogP contribution in [0.25, 0.3) is 0 Å². The lowest BCUT2D eigenvalue weighted by Crippen LogP contribution is -2.50. The van der Waals surface area contributed by atoms with Crippen molar-refractivity contribution in [2.75, 3.05) is 26.2 Å². The molecule has 0 aromatic rings. The van der Waals surface area contributed by atoms with Gasteiger partial charge in [-0.15, -0.1) is 0 Å². The molecule has 0 bridgehead atoms. The fraction of sp³-hybridized carbons (Fsp3) is 0.875. The third kappa shape index (κ3) is 4.35. The van der Waals surface area contributed by atoms with Crippen molar-refractivity contribution < 1.29 is 14.7 Å². The van der Waals surface area contributed by atoms with Gasteiger partial charge in [-0.05, 0) is 32.6 Å². The number of carboxylic acid groups (broad SMARTS) is 1. The molecule has 1 fully saturated rings. The van der Waals surface area contributed by atoms with E-state index in [-0.39, 0.29) is 6.03 Å². The molecule has 5 heteroatoms. The molecule has 0 aromatic heterocycles. The van der Waals surface area contributed by atoms with E-state index in [4.69, 9.17) is 0 Å².